The summed E-state index contributed by atoms with van der Waals surface area (Å²) in [6.07, 6.45) is 4.97. The van der Waals surface area contributed by atoms with Crippen LogP contribution in [0.25, 0.3) is 0 Å². The first kappa shape index (κ1) is 14.7. The van der Waals surface area contributed by atoms with Crippen molar-refractivity contribution in [3.8, 4) is 0 Å². The average molecular weight is 288 g/mol. The van der Waals surface area contributed by atoms with Gasteiger partial charge in [-0.3, -0.25) is 14.9 Å². The molecule has 0 saturated heterocycles. The van der Waals surface area contributed by atoms with Gasteiger partial charge in [-0.25, -0.2) is 4.98 Å². The van der Waals surface area contributed by atoms with Crippen molar-refractivity contribution < 1.29 is 9.72 Å². The molecule has 0 aliphatic rings. The Bertz CT molecular complexity index is 638. The van der Waals surface area contributed by atoms with Crippen LogP contribution in [0.15, 0.2) is 30.6 Å². The number of hydrogen-bond donors (Lipinski definition) is 2. The average Bonchev–Trinajstić information content (AvgIpc) is 2.96. The van der Waals surface area contributed by atoms with Gasteiger partial charge in [0.1, 0.15) is 5.82 Å². The second-order valence-electron chi connectivity index (χ2n) is 4.65. The van der Waals surface area contributed by atoms with Crippen molar-refractivity contribution in [3.63, 3.8) is 0 Å². The van der Waals surface area contributed by atoms with Gasteiger partial charge in [-0.2, -0.15) is 0 Å². The van der Waals surface area contributed by atoms with E-state index in [1.54, 1.807) is 19.3 Å². The molecule has 110 valence electrons. The zero-order valence-corrected chi connectivity index (χ0v) is 11.6. The third-order valence-corrected chi connectivity index (χ3v) is 3.09. The fourth-order valence-electron chi connectivity index (χ4n) is 2.00. The lowest BCUT2D eigenvalue weighted by atomic mass is 10.1. The number of H-pyrrole nitrogens is 1. The number of aromatic nitrogens is 2. The number of nitro benzene ring substituents is 1. The summed E-state index contributed by atoms with van der Waals surface area (Å²) in [5.41, 5.74) is 0.920. The van der Waals surface area contributed by atoms with Crippen LogP contribution in [0.3, 0.4) is 0 Å². The van der Waals surface area contributed by atoms with Crippen LogP contribution in [0.5, 0.6) is 0 Å². The van der Waals surface area contributed by atoms with Gasteiger partial charge in [-0.15, -0.1) is 0 Å². The molecule has 0 spiro atoms. The minimum absolute atomic E-state index is 0.0179. The van der Waals surface area contributed by atoms with E-state index in [1.165, 1.54) is 18.2 Å². The maximum Gasteiger partial charge on any atom is 0.272 e. The summed E-state index contributed by atoms with van der Waals surface area (Å²) in [6.45, 7) is 2.14. The normalized spacial score (nSPS) is 10.3. The Morgan fingerprint density at radius 2 is 2.29 bits per heavy atom. The zero-order chi connectivity index (χ0) is 15.2. The summed E-state index contributed by atoms with van der Waals surface area (Å²) in [6, 6.07) is 4.35. The highest BCUT2D eigenvalue weighted by Crippen LogP contribution is 2.18. The second-order valence-corrected chi connectivity index (χ2v) is 4.65. The molecule has 0 atom stereocenters. The van der Waals surface area contributed by atoms with Gasteiger partial charge >= 0.3 is 0 Å². The maximum absolute atomic E-state index is 11.9. The third-order valence-electron chi connectivity index (χ3n) is 3.09. The first-order valence-corrected chi connectivity index (χ1v) is 6.59. The predicted molar refractivity (Wildman–Crippen MR) is 77.1 cm³/mol. The van der Waals surface area contributed by atoms with Crippen LogP contribution in [0.1, 0.15) is 28.2 Å². The highest BCUT2D eigenvalue weighted by molar-refractivity contribution is 5.94. The van der Waals surface area contributed by atoms with Crippen molar-refractivity contribution in [2.75, 3.05) is 6.54 Å². The molecule has 0 aliphatic heterocycles. The SMILES string of the molecule is Cc1cc(C(=O)NCCCc2ncc[nH]2)ccc1[N+](=O)[O-]. The predicted octanol–water partition coefficient (Wildman–Crippen LogP) is 1.99. The van der Waals surface area contributed by atoms with Crippen molar-refractivity contribution in [1.82, 2.24) is 15.3 Å². The fourth-order valence-corrected chi connectivity index (χ4v) is 2.00. The highest BCUT2D eigenvalue weighted by atomic mass is 16.6. The summed E-state index contributed by atoms with van der Waals surface area (Å²) >= 11 is 0. The summed E-state index contributed by atoms with van der Waals surface area (Å²) in [5, 5.41) is 13.5. The molecule has 2 N–H and O–H groups in total. The van der Waals surface area contributed by atoms with Crippen LogP contribution in [-0.4, -0.2) is 27.3 Å². The van der Waals surface area contributed by atoms with Gasteiger partial charge in [0.25, 0.3) is 11.6 Å². The van der Waals surface area contributed by atoms with E-state index >= 15 is 0 Å². The number of rotatable bonds is 6. The summed E-state index contributed by atoms with van der Waals surface area (Å²) in [4.78, 5) is 29.3. The number of carbonyl (C=O) groups is 1. The van der Waals surface area contributed by atoms with E-state index in [0.717, 1.165) is 18.7 Å². The maximum atomic E-state index is 11.9. The quantitative estimate of drug-likeness (QED) is 0.482. The molecule has 0 aliphatic carbocycles. The molecule has 0 fully saturated rings. The molecule has 1 heterocycles. The Balaban J connectivity index is 1.85. The number of amides is 1. The Morgan fingerprint density at radius 1 is 1.48 bits per heavy atom. The fraction of sp³-hybridized carbons (Fsp3) is 0.286. The van der Waals surface area contributed by atoms with Gasteiger partial charge in [0.15, 0.2) is 0 Å². The number of carbonyl (C=O) groups excluding carboxylic acids is 1. The van der Waals surface area contributed by atoms with E-state index in [4.69, 9.17) is 0 Å². The van der Waals surface area contributed by atoms with Crippen molar-refractivity contribution in [2.24, 2.45) is 0 Å². The Kier molecular flexibility index (Phi) is 4.65. The summed E-state index contributed by atoms with van der Waals surface area (Å²) in [5.74, 6) is 0.655. The Labute approximate surface area is 121 Å². The lowest BCUT2D eigenvalue weighted by Crippen LogP contribution is -2.25. The Hall–Kier alpha value is -2.70. The molecule has 0 bridgehead atoms. The van der Waals surface area contributed by atoms with E-state index in [1.807, 2.05) is 0 Å². The van der Waals surface area contributed by atoms with E-state index in [0.29, 0.717) is 17.7 Å². The van der Waals surface area contributed by atoms with E-state index < -0.39 is 4.92 Å². The monoisotopic (exact) mass is 288 g/mol. The molecule has 7 heteroatoms. The number of aromatic amines is 1. The number of benzene rings is 1. The molecule has 0 radical (unpaired) electrons. The number of hydrogen-bond acceptors (Lipinski definition) is 4. The molecule has 7 nitrogen and oxygen atoms in total. The van der Waals surface area contributed by atoms with Gasteiger partial charge < -0.3 is 10.3 Å². The number of nitrogens with one attached hydrogen (secondary N) is 2. The van der Waals surface area contributed by atoms with Crippen LogP contribution in [0.4, 0.5) is 5.69 Å². The van der Waals surface area contributed by atoms with Gasteiger partial charge in [0.05, 0.1) is 4.92 Å². The first-order valence-electron chi connectivity index (χ1n) is 6.59. The molecular weight excluding hydrogens is 272 g/mol. The van der Waals surface area contributed by atoms with Crippen LogP contribution >= 0.6 is 0 Å². The molecule has 0 unspecified atom stereocenters. The molecule has 21 heavy (non-hydrogen) atoms. The second kappa shape index (κ2) is 6.65. The molecule has 2 aromatic rings. The lowest BCUT2D eigenvalue weighted by molar-refractivity contribution is -0.385. The van der Waals surface area contributed by atoms with Crippen LogP contribution in [0, 0.1) is 17.0 Å². The molecule has 0 saturated carbocycles. The molecule has 1 amide bonds. The molecule has 1 aromatic carbocycles. The number of nitro groups is 1. The number of nitrogens with zero attached hydrogens (tertiary/aromatic N) is 2. The lowest BCUT2D eigenvalue weighted by Gasteiger charge is -2.05. The largest absolute Gasteiger partial charge is 0.352 e. The summed E-state index contributed by atoms with van der Waals surface area (Å²) in [7, 11) is 0. The van der Waals surface area contributed by atoms with Crippen molar-refractivity contribution in [2.45, 2.75) is 19.8 Å². The molecular formula is C14H16N4O3. The van der Waals surface area contributed by atoms with Crippen LogP contribution in [-0.2, 0) is 6.42 Å². The van der Waals surface area contributed by atoms with Crippen molar-refractivity contribution in [3.05, 3.63) is 57.7 Å². The van der Waals surface area contributed by atoms with Crippen molar-refractivity contribution >= 4 is 11.6 Å². The van der Waals surface area contributed by atoms with E-state index in [-0.39, 0.29) is 11.6 Å². The highest BCUT2D eigenvalue weighted by Gasteiger charge is 2.13. The van der Waals surface area contributed by atoms with Crippen LogP contribution in [0.2, 0.25) is 0 Å². The van der Waals surface area contributed by atoms with Crippen molar-refractivity contribution in [1.29, 1.82) is 0 Å². The number of imidazole rings is 1. The third kappa shape index (κ3) is 3.88. The minimum Gasteiger partial charge on any atom is -0.352 e. The topological polar surface area (TPSA) is 101 Å². The van der Waals surface area contributed by atoms with Crippen LogP contribution < -0.4 is 5.32 Å². The smallest absolute Gasteiger partial charge is 0.272 e. The van der Waals surface area contributed by atoms with Gasteiger partial charge in [-0.1, -0.05) is 0 Å². The molecule has 2 rings (SSSR count). The van der Waals surface area contributed by atoms with E-state index in [2.05, 4.69) is 15.3 Å². The van der Waals surface area contributed by atoms with Gasteiger partial charge in [0.2, 0.25) is 0 Å². The first-order chi connectivity index (χ1) is 10.1. The zero-order valence-electron chi connectivity index (χ0n) is 11.6. The molecule has 1 aromatic heterocycles. The van der Waals surface area contributed by atoms with E-state index in [9.17, 15) is 14.9 Å². The minimum atomic E-state index is -0.458. The Morgan fingerprint density at radius 3 is 2.90 bits per heavy atom. The standard InChI is InChI=1S/C14H16N4O3/c1-10-9-11(4-5-12(10)18(20)21)14(19)17-6-2-3-13-15-7-8-16-13/h4-5,7-9H,2-3,6H2,1H3,(H,15,16)(H,17,19). The number of aryl methyl sites for hydroxylation is 2. The summed E-state index contributed by atoms with van der Waals surface area (Å²) < 4.78 is 0. The van der Waals surface area contributed by atoms with Gasteiger partial charge in [0, 0.05) is 42.6 Å². The van der Waals surface area contributed by atoms with Gasteiger partial charge in [-0.05, 0) is 25.5 Å².